The molecule has 5 fully saturated rings. The van der Waals surface area contributed by atoms with Gasteiger partial charge in [-0.2, -0.15) is 0 Å². The molecule has 3 heteroatoms. The van der Waals surface area contributed by atoms with Gasteiger partial charge in [-0.05, 0) is 69.6 Å². The number of piperidine rings is 1. The Morgan fingerprint density at radius 1 is 1.00 bits per heavy atom. The molecular weight excluding hydrogens is 258 g/mol. The minimum atomic E-state index is -0.0663. The predicted octanol–water partition coefficient (Wildman–Crippen LogP) is 3.58. The number of carbonyl (C=O) groups is 1. The number of carbonyl (C=O) groups excluding carboxylic acids is 1. The van der Waals surface area contributed by atoms with Gasteiger partial charge < -0.3 is 4.90 Å². The van der Waals surface area contributed by atoms with Crippen LogP contribution in [0.2, 0.25) is 0 Å². The Bertz CT molecular complexity index is 388. The summed E-state index contributed by atoms with van der Waals surface area (Å²) in [6, 6.07) is 0. The monoisotopic (exact) mass is 281 g/mol. The van der Waals surface area contributed by atoms with Crippen molar-refractivity contribution in [2.45, 2.75) is 62.7 Å². The van der Waals surface area contributed by atoms with Gasteiger partial charge in [0.15, 0.2) is 0 Å². The number of halogens is 1. The third-order valence-corrected chi connectivity index (χ3v) is 6.53. The summed E-state index contributed by atoms with van der Waals surface area (Å²) < 4.78 is 0. The van der Waals surface area contributed by atoms with E-state index in [0.717, 1.165) is 44.2 Å². The number of alkyl halides is 1. The molecule has 1 heterocycles. The van der Waals surface area contributed by atoms with Gasteiger partial charge >= 0.3 is 0 Å². The molecule has 2 unspecified atom stereocenters. The summed E-state index contributed by atoms with van der Waals surface area (Å²) in [4.78, 5) is 15.2. The van der Waals surface area contributed by atoms with Crippen molar-refractivity contribution in [3.63, 3.8) is 0 Å². The molecule has 1 aliphatic heterocycles. The minimum absolute atomic E-state index is 0.0322. The van der Waals surface area contributed by atoms with E-state index in [2.05, 4.69) is 4.90 Å². The van der Waals surface area contributed by atoms with Crippen LogP contribution in [0.1, 0.15) is 57.8 Å². The van der Waals surface area contributed by atoms with Crippen molar-refractivity contribution < 1.29 is 4.79 Å². The molecule has 0 spiro atoms. The number of rotatable bonds is 1. The third kappa shape index (κ3) is 1.93. The van der Waals surface area contributed by atoms with Crippen LogP contribution in [0.15, 0.2) is 0 Å². The smallest absolute Gasteiger partial charge is 0.228 e. The zero-order valence-corrected chi connectivity index (χ0v) is 12.4. The van der Waals surface area contributed by atoms with Gasteiger partial charge in [-0.15, -0.1) is 11.6 Å². The molecule has 0 N–H and O–H groups in total. The summed E-state index contributed by atoms with van der Waals surface area (Å²) >= 11 is 6.83. The van der Waals surface area contributed by atoms with Crippen molar-refractivity contribution in [3.05, 3.63) is 0 Å². The highest BCUT2D eigenvalue weighted by Crippen LogP contribution is 2.64. The molecule has 2 nitrogen and oxygen atoms in total. The highest BCUT2D eigenvalue weighted by molar-refractivity contribution is 6.24. The summed E-state index contributed by atoms with van der Waals surface area (Å²) in [5.74, 6) is 1.92. The lowest BCUT2D eigenvalue weighted by molar-refractivity contribution is -0.157. The fourth-order valence-electron chi connectivity index (χ4n) is 5.83. The van der Waals surface area contributed by atoms with Crippen LogP contribution in [0.25, 0.3) is 0 Å². The maximum Gasteiger partial charge on any atom is 0.228 e. The van der Waals surface area contributed by atoms with Crippen molar-refractivity contribution in [2.24, 2.45) is 17.3 Å². The minimum Gasteiger partial charge on any atom is -0.342 e. The summed E-state index contributed by atoms with van der Waals surface area (Å²) in [7, 11) is 0. The van der Waals surface area contributed by atoms with Crippen molar-refractivity contribution >= 4 is 17.5 Å². The molecule has 0 aromatic heterocycles. The molecule has 5 rings (SSSR count). The Morgan fingerprint density at radius 2 is 1.63 bits per heavy atom. The van der Waals surface area contributed by atoms with Crippen LogP contribution in [-0.4, -0.2) is 28.8 Å². The highest BCUT2D eigenvalue weighted by atomic mass is 35.5. The average Bonchev–Trinajstić information content (AvgIpc) is 2.36. The van der Waals surface area contributed by atoms with Crippen LogP contribution in [0.3, 0.4) is 0 Å². The molecule has 1 amide bonds. The van der Waals surface area contributed by atoms with Crippen LogP contribution in [0.4, 0.5) is 0 Å². The lowest BCUT2D eigenvalue weighted by atomic mass is 9.49. The van der Waals surface area contributed by atoms with Crippen molar-refractivity contribution in [2.75, 3.05) is 13.1 Å². The Morgan fingerprint density at radius 3 is 2.21 bits per heavy atom. The second-order valence-electron chi connectivity index (χ2n) is 7.75. The van der Waals surface area contributed by atoms with Crippen molar-refractivity contribution in [3.8, 4) is 0 Å². The van der Waals surface area contributed by atoms with E-state index in [9.17, 15) is 4.79 Å². The molecule has 4 atom stereocenters. The van der Waals surface area contributed by atoms with Gasteiger partial charge in [0.1, 0.15) is 0 Å². The SMILES string of the molecule is O=C(N1CCCCC1)C12C[C@@H]3C[C@@H](CC(Cl)(C3)C1)C2. The van der Waals surface area contributed by atoms with Crippen molar-refractivity contribution in [1.82, 2.24) is 4.90 Å². The van der Waals surface area contributed by atoms with Gasteiger partial charge in [0.25, 0.3) is 0 Å². The fourth-order valence-corrected chi connectivity index (χ4v) is 6.53. The average molecular weight is 282 g/mol. The molecule has 5 aliphatic rings. The maximum atomic E-state index is 13.1. The molecule has 19 heavy (non-hydrogen) atoms. The Labute approximate surface area is 120 Å². The first-order chi connectivity index (χ1) is 9.09. The van der Waals surface area contributed by atoms with Gasteiger partial charge in [0.05, 0.1) is 5.41 Å². The first-order valence-corrected chi connectivity index (χ1v) is 8.45. The lowest BCUT2D eigenvalue weighted by Crippen LogP contribution is -2.59. The summed E-state index contributed by atoms with van der Waals surface area (Å²) in [5.41, 5.74) is -0.0663. The largest absolute Gasteiger partial charge is 0.342 e. The second-order valence-corrected chi connectivity index (χ2v) is 8.55. The number of hydrogen-bond acceptors (Lipinski definition) is 1. The van der Waals surface area contributed by atoms with Crippen LogP contribution in [-0.2, 0) is 4.79 Å². The molecule has 4 saturated carbocycles. The number of hydrogen-bond donors (Lipinski definition) is 0. The Hall–Kier alpha value is -0.240. The standard InChI is InChI=1S/C16H24ClNO/c17-16-9-12-6-13(10-16)8-15(7-12,11-16)14(19)18-4-2-1-3-5-18/h12-13H,1-11H2/t12-,13+,15?,16?. The molecule has 4 bridgehead atoms. The first kappa shape index (κ1) is 12.5. The van der Waals surface area contributed by atoms with Gasteiger partial charge in [0, 0.05) is 18.0 Å². The summed E-state index contributed by atoms with van der Waals surface area (Å²) in [6.07, 6.45) is 10.6. The third-order valence-electron chi connectivity index (χ3n) is 6.09. The van der Waals surface area contributed by atoms with E-state index in [1.807, 2.05) is 0 Å². The topological polar surface area (TPSA) is 20.3 Å². The summed E-state index contributed by atoms with van der Waals surface area (Å²) in [6.45, 7) is 1.98. The zero-order chi connectivity index (χ0) is 13.1. The van der Waals surface area contributed by atoms with Crippen LogP contribution < -0.4 is 0 Å². The predicted molar refractivity (Wildman–Crippen MR) is 76.1 cm³/mol. The molecule has 106 valence electrons. The van der Waals surface area contributed by atoms with Crippen LogP contribution in [0.5, 0.6) is 0 Å². The van der Waals surface area contributed by atoms with E-state index < -0.39 is 0 Å². The van der Waals surface area contributed by atoms with E-state index in [1.54, 1.807) is 0 Å². The van der Waals surface area contributed by atoms with E-state index in [1.165, 1.54) is 38.5 Å². The quantitative estimate of drug-likeness (QED) is 0.673. The fraction of sp³-hybridized carbons (Fsp3) is 0.938. The van der Waals surface area contributed by atoms with Gasteiger partial charge in [-0.1, -0.05) is 0 Å². The first-order valence-electron chi connectivity index (χ1n) is 8.07. The van der Waals surface area contributed by atoms with Crippen molar-refractivity contribution in [1.29, 1.82) is 0 Å². The van der Waals surface area contributed by atoms with E-state index in [-0.39, 0.29) is 10.3 Å². The van der Waals surface area contributed by atoms with Gasteiger partial charge in [0.2, 0.25) is 5.91 Å². The van der Waals surface area contributed by atoms with E-state index in [0.29, 0.717) is 5.91 Å². The molecule has 1 saturated heterocycles. The summed E-state index contributed by atoms with van der Waals surface area (Å²) in [5, 5.41) is 0. The Balaban J connectivity index is 1.60. The lowest BCUT2D eigenvalue weighted by Gasteiger charge is -2.60. The van der Waals surface area contributed by atoms with Gasteiger partial charge in [-0.25, -0.2) is 0 Å². The van der Waals surface area contributed by atoms with Gasteiger partial charge in [-0.3, -0.25) is 4.79 Å². The molecular formula is C16H24ClNO. The molecule has 0 radical (unpaired) electrons. The normalized spacial score (nSPS) is 48.6. The molecule has 4 aliphatic carbocycles. The van der Waals surface area contributed by atoms with Crippen LogP contribution in [0, 0.1) is 17.3 Å². The molecule has 0 aromatic carbocycles. The zero-order valence-electron chi connectivity index (χ0n) is 11.7. The maximum absolute atomic E-state index is 13.1. The highest BCUT2D eigenvalue weighted by Gasteiger charge is 2.60. The number of amides is 1. The number of likely N-dealkylation sites (tertiary alicyclic amines) is 1. The number of nitrogens with zero attached hydrogens (tertiary/aromatic N) is 1. The molecule has 0 aromatic rings. The van der Waals surface area contributed by atoms with E-state index in [4.69, 9.17) is 11.6 Å². The second kappa shape index (κ2) is 4.13. The Kier molecular flexibility index (Phi) is 2.72. The van der Waals surface area contributed by atoms with E-state index >= 15 is 0 Å². The van der Waals surface area contributed by atoms with Crippen LogP contribution >= 0.6 is 11.6 Å².